The molecule has 1 aliphatic heterocycles. The minimum absolute atomic E-state index is 0.103. The maximum absolute atomic E-state index is 13.6. The van der Waals surface area contributed by atoms with Crippen LogP contribution in [0.25, 0.3) is 6.08 Å². The highest BCUT2D eigenvalue weighted by Gasteiger charge is 2.33. The molecular formula is C26H26N2O6S. The second-order valence-corrected chi connectivity index (χ2v) is 8.75. The molecule has 0 saturated carbocycles. The molecule has 0 radical (unpaired) electrons. The van der Waals surface area contributed by atoms with Gasteiger partial charge in [0, 0.05) is 0 Å². The van der Waals surface area contributed by atoms with Crippen molar-refractivity contribution in [1.82, 2.24) is 4.57 Å². The summed E-state index contributed by atoms with van der Waals surface area (Å²) >= 11 is 1.22. The highest BCUT2D eigenvalue weighted by Crippen LogP contribution is 2.36. The number of hydrogen-bond acceptors (Lipinski definition) is 8. The second kappa shape index (κ2) is 10.2. The number of hydrogen-bond donors (Lipinski definition) is 1. The molecule has 0 bridgehead atoms. The average Bonchev–Trinajstić information content (AvgIpc) is 3.12. The summed E-state index contributed by atoms with van der Waals surface area (Å²) in [6.45, 7) is 5.94. The number of carbonyl (C=O) groups excluding carboxylic acids is 1. The van der Waals surface area contributed by atoms with Crippen molar-refractivity contribution in [1.29, 1.82) is 0 Å². The maximum Gasteiger partial charge on any atom is 0.338 e. The van der Waals surface area contributed by atoms with Crippen molar-refractivity contribution in [3.8, 4) is 17.2 Å². The zero-order valence-corrected chi connectivity index (χ0v) is 20.7. The number of phenolic OH excluding ortho intramolecular Hbond substituents is 1. The number of thiazole rings is 1. The van der Waals surface area contributed by atoms with Gasteiger partial charge in [-0.1, -0.05) is 29.5 Å². The lowest BCUT2D eigenvalue weighted by molar-refractivity contribution is -0.139. The molecule has 1 N–H and O–H groups in total. The summed E-state index contributed by atoms with van der Waals surface area (Å²) in [5.41, 5.74) is 1.81. The first-order chi connectivity index (χ1) is 16.9. The number of ether oxygens (including phenoxy) is 3. The number of phenols is 1. The Morgan fingerprint density at radius 3 is 2.66 bits per heavy atom. The Kier molecular flexibility index (Phi) is 7.07. The summed E-state index contributed by atoms with van der Waals surface area (Å²) in [6, 6.07) is 11.2. The van der Waals surface area contributed by atoms with Crippen LogP contribution in [0, 0.1) is 0 Å². The number of methoxy groups -OCH3 is 1. The van der Waals surface area contributed by atoms with Gasteiger partial charge in [-0.3, -0.25) is 9.36 Å². The van der Waals surface area contributed by atoms with Crippen molar-refractivity contribution >= 4 is 23.4 Å². The average molecular weight is 495 g/mol. The van der Waals surface area contributed by atoms with E-state index in [0.717, 1.165) is 0 Å². The largest absolute Gasteiger partial charge is 0.508 e. The van der Waals surface area contributed by atoms with Gasteiger partial charge in [0.2, 0.25) is 0 Å². The summed E-state index contributed by atoms with van der Waals surface area (Å²) in [4.78, 5) is 31.7. The van der Waals surface area contributed by atoms with Gasteiger partial charge >= 0.3 is 5.97 Å². The van der Waals surface area contributed by atoms with Crippen LogP contribution in [0.3, 0.4) is 0 Å². The van der Waals surface area contributed by atoms with Gasteiger partial charge in [0.05, 0.1) is 42.2 Å². The number of fused-ring (bicyclic) bond motifs is 1. The molecule has 182 valence electrons. The van der Waals surface area contributed by atoms with E-state index in [-0.39, 0.29) is 23.5 Å². The smallest absolute Gasteiger partial charge is 0.338 e. The number of aromatic hydroxyl groups is 1. The summed E-state index contributed by atoms with van der Waals surface area (Å²) in [6.07, 6.45) is 1.70. The number of carbonyl (C=O) groups is 1. The molecule has 35 heavy (non-hydrogen) atoms. The van der Waals surface area contributed by atoms with E-state index in [2.05, 4.69) is 4.99 Å². The Hall–Kier alpha value is -3.85. The highest BCUT2D eigenvalue weighted by molar-refractivity contribution is 7.07. The van der Waals surface area contributed by atoms with Gasteiger partial charge < -0.3 is 19.3 Å². The van der Waals surface area contributed by atoms with E-state index >= 15 is 0 Å². The Balaban J connectivity index is 1.97. The highest BCUT2D eigenvalue weighted by atomic mass is 32.1. The summed E-state index contributed by atoms with van der Waals surface area (Å²) in [7, 11) is 1.55. The first-order valence-corrected chi connectivity index (χ1v) is 12.0. The second-order valence-electron chi connectivity index (χ2n) is 7.74. The van der Waals surface area contributed by atoms with Gasteiger partial charge in [0.15, 0.2) is 16.3 Å². The molecule has 3 aromatic rings. The number of allylic oxidation sites excluding steroid dienone is 1. The van der Waals surface area contributed by atoms with E-state index in [1.165, 1.54) is 15.9 Å². The lowest BCUT2D eigenvalue weighted by atomic mass is 9.95. The third-order valence-corrected chi connectivity index (χ3v) is 6.47. The van der Waals surface area contributed by atoms with Gasteiger partial charge in [-0.2, -0.15) is 0 Å². The molecule has 4 rings (SSSR count). The minimum Gasteiger partial charge on any atom is -0.508 e. The Labute approximate surface area is 206 Å². The predicted molar refractivity (Wildman–Crippen MR) is 133 cm³/mol. The quantitative estimate of drug-likeness (QED) is 0.507. The van der Waals surface area contributed by atoms with E-state index in [4.69, 9.17) is 14.2 Å². The summed E-state index contributed by atoms with van der Waals surface area (Å²) in [5.74, 6) is 0.624. The number of benzene rings is 2. The Morgan fingerprint density at radius 2 is 1.97 bits per heavy atom. The van der Waals surface area contributed by atoms with Crippen LogP contribution in [0.15, 0.2) is 63.5 Å². The third kappa shape index (κ3) is 4.72. The van der Waals surface area contributed by atoms with Crippen LogP contribution >= 0.6 is 11.3 Å². The van der Waals surface area contributed by atoms with Crippen molar-refractivity contribution in [2.24, 2.45) is 4.99 Å². The lowest BCUT2D eigenvalue weighted by Gasteiger charge is -2.25. The van der Waals surface area contributed by atoms with Crippen LogP contribution in [-0.4, -0.2) is 36.0 Å². The molecule has 1 atom stereocenters. The van der Waals surface area contributed by atoms with Gasteiger partial charge in [0.1, 0.15) is 5.75 Å². The molecule has 0 spiro atoms. The fourth-order valence-electron chi connectivity index (χ4n) is 4.00. The normalized spacial score (nSPS) is 15.4. The fraction of sp³-hybridized carbons (Fsp3) is 0.269. The zero-order chi connectivity index (χ0) is 25.1. The summed E-state index contributed by atoms with van der Waals surface area (Å²) < 4.78 is 18.4. The Morgan fingerprint density at radius 1 is 1.17 bits per heavy atom. The topological polar surface area (TPSA) is 99.4 Å². The van der Waals surface area contributed by atoms with Crippen LogP contribution in [0.2, 0.25) is 0 Å². The van der Waals surface area contributed by atoms with Gasteiger partial charge in [-0.25, -0.2) is 9.79 Å². The monoisotopic (exact) mass is 494 g/mol. The van der Waals surface area contributed by atoms with Crippen molar-refractivity contribution in [2.75, 3.05) is 20.3 Å². The molecule has 2 heterocycles. The van der Waals surface area contributed by atoms with Crippen molar-refractivity contribution in [2.45, 2.75) is 26.8 Å². The van der Waals surface area contributed by atoms with Gasteiger partial charge in [-0.15, -0.1) is 0 Å². The molecule has 2 aromatic carbocycles. The number of aromatic nitrogens is 1. The van der Waals surface area contributed by atoms with Crippen LogP contribution in [0.5, 0.6) is 17.2 Å². The molecule has 8 nitrogen and oxygen atoms in total. The minimum atomic E-state index is -0.762. The van der Waals surface area contributed by atoms with Crippen molar-refractivity contribution < 1.29 is 24.1 Å². The fourth-order valence-corrected chi connectivity index (χ4v) is 5.05. The van der Waals surface area contributed by atoms with E-state index in [1.54, 1.807) is 69.5 Å². The molecule has 0 amide bonds. The number of nitrogens with zero attached hydrogens (tertiary/aromatic N) is 2. The van der Waals surface area contributed by atoms with E-state index in [1.807, 2.05) is 6.92 Å². The van der Waals surface area contributed by atoms with Gasteiger partial charge in [-0.05, 0) is 62.2 Å². The molecule has 1 aromatic heterocycles. The lowest BCUT2D eigenvalue weighted by Crippen LogP contribution is -2.40. The SMILES string of the molecule is CCOC(=O)C1=C(C)N=c2s/c(=C\c3cccc(O)c3)c(=O)n2[C@H]1c1ccc(OC)c(OCC)c1. The third-order valence-electron chi connectivity index (χ3n) is 5.49. The van der Waals surface area contributed by atoms with Crippen LogP contribution in [0.4, 0.5) is 0 Å². The van der Waals surface area contributed by atoms with Crippen LogP contribution in [-0.2, 0) is 9.53 Å². The molecule has 0 unspecified atom stereocenters. The van der Waals surface area contributed by atoms with Gasteiger partial charge in [0.25, 0.3) is 5.56 Å². The molecule has 0 saturated heterocycles. The first-order valence-electron chi connectivity index (χ1n) is 11.2. The molecular weight excluding hydrogens is 468 g/mol. The maximum atomic E-state index is 13.6. The van der Waals surface area contributed by atoms with E-state index in [9.17, 15) is 14.7 Å². The molecule has 1 aliphatic rings. The van der Waals surface area contributed by atoms with E-state index < -0.39 is 12.0 Å². The van der Waals surface area contributed by atoms with Crippen LogP contribution < -0.4 is 24.4 Å². The zero-order valence-electron chi connectivity index (χ0n) is 19.9. The molecule has 0 fully saturated rings. The number of rotatable bonds is 7. The van der Waals surface area contributed by atoms with Crippen molar-refractivity contribution in [3.05, 3.63) is 84.5 Å². The Bertz CT molecular complexity index is 1480. The molecule has 0 aliphatic carbocycles. The van der Waals surface area contributed by atoms with Crippen LogP contribution in [0.1, 0.15) is 37.9 Å². The van der Waals surface area contributed by atoms with Crippen molar-refractivity contribution in [3.63, 3.8) is 0 Å². The molecule has 9 heteroatoms. The summed E-state index contributed by atoms with van der Waals surface area (Å²) in [5, 5.41) is 9.81. The standard InChI is InChI=1S/C26H26N2O6S/c1-5-33-20-14-17(10-11-19(20)32-4)23-22(25(31)34-6-2)15(3)27-26-28(23)24(30)21(35-26)13-16-8-7-9-18(29)12-16/h7-14,23,29H,5-6H2,1-4H3/b21-13-/t23-/m0/s1. The first kappa shape index (κ1) is 24.3. The number of esters is 1. The van der Waals surface area contributed by atoms with E-state index in [0.29, 0.717) is 44.3 Å². The predicted octanol–water partition coefficient (Wildman–Crippen LogP) is 2.91.